The lowest BCUT2D eigenvalue weighted by molar-refractivity contribution is 0.168. The van der Waals surface area contributed by atoms with Gasteiger partial charge in [0, 0.05) is 49.4 Å². The Kier molecular flexibility index (Phi) is 4.88. The van der Waals surface area contributed by atoms with E-state index in [0.717, 1.165) is 48.7 Å². The molecule has 32 heavy (non-hydrogen) atoms. The van der Waals surface area contributed by atoms with Crippen LogP contribution in [0, 0.1) is 0 Å². The molecule has 1 unspecified atom stereocenters. The van der Waals surface area contributed by atoms with Crippen LogP contribution >= 0.6 is 11.3 Å². The van der Waals surface area contributed by atoms with Gasteiger partial charge in [0.2, 0.25) is 0 Å². The molecular weight excluding hydrogens is 428 g/mol. The van der Waals surface area contributed by atoms with Crippen molar-refractivity contribution in [1.82, 2.24) is 29.6 Å². The summed E-state index contributed by atoms with van der Waals surface area (Å²) in [5.41, 5.74) is 1.80. The van der Waals surface area contributed by atoms with E-state index in [-0.39, 0.29) is 11.7 Å². The highest BCUT2D eigenvalue weighted by molar-refractivity contribution is 7.20. The van der Waals surface area contributed by atoms with Crippen molar-refractivity contribution in [3.05, 3.63) is 58.9 Å². The minimum absolute atomic E-state index is 0.123. The number of aromatic nitrogens is 5. The van der Waals surface area contributed by atoms with Gasteiger partial charge >= 0.3 is 5.69 Å². The first kappa shape index (κ1) is 19.4. The van der Waals surface area contributed by atoms with Crippen molar-refractivity contribution in [2.24, 2.45) is 0 Å². The second-order valence-corrected chi connectivity index (χ2v) is 9.21. The molecule has 5 heterocycles. The number of pyridine rings is 1. The van der Waals surface area contributed by atoms with Crippen molar-refractivity contribution in [3.8, 4) is 16.7 Å². The number of piperidine rings is 1. The first-order valence-electron chi connectivity index (χ1n) is 10.7. The second-order valence-electron chi connectivity index (χ2n) is 8.22. The summed E-state index contributed by atoms with van der Waals surface area (Å²) in [5, 5.41) is 6.91. The lowest BCUT2D eigenvalue weighted by Gasteiger charge is -2.33. The van der Waals surface area contributed by atoms with Crippen molar-refractivity contribution in [3.63, 3.8) is 0 Å². The zero-order valence-electron chi connectivity index (χ0n) is 17.3. The Balaban J connectivity index is 1.10. The van der Waals surface area contributed by atoms with Gasteiger partial charge in [-0.05, 0) is 31.0 Å². The van der Waals surface area contributed by atoms with Crippen LogP contribution in [-0.4, -0.2) is 55.9 Å². The molecule has 9 nitrogen and oxygen atoms in total. The fraction of sp³-hybridized carbons (Fsp3) is 0.364. The molecule has 0 spiro atoms. The number of thiazole rings is 1. The van der Waals surface area contributed by atoms with E-state index in [4.69, 9.17) is 9.47 Å². The predicted octanol–water partition coefficient (Wildman–Crippen LogP) is 3.18. The number of nitrogens with one attached hydrogen (secondary N) is 1. The molecule has 10 heteroatoms. The van der Waals surface area contributed by atoms with E-state index in [2.05, 4.69) is 31.1 Å². The summed E-state index contributed by atoms with van der Waals surface area (Å²) in [7, 11) is 0. The van der Waals surface area contributed by atoms with Gasteiger partial charge in [0.15, 0.2) is 5.65 Å². The summed E-state index contributed by atoms with van der Waals surface area (Å²) in [6.45, 7) is 3.54. The Morgan fingerprint density at radius 1 is 1.25 bits per heavy atom. The lowest BCUT2D eigenvalue weighted by Crippen LogP contribution is -2.39. The second kappa shape index (κ2) is 8.03. The number of likely N-dealkylation sites (tertiary alicyclic amines) is 1. The maximum Gasteiger partial charge on any atom is 0.343 e. The summed E-state index contributed by atoms with van der Waals surface area (Å²) >= 11 is 1.48. The summed E-state index contributed by atoms with van der Waals surface area (Å²) in [4.78, 5) is 23.0. The van der Waals surface area contributed by atoms with Crippen LogP contribution in [0.3, 0.4) is 0 Å². The van der Waals surface area contributed by atoms with Gasteiger partial charge in [-0.1, -0.05) is 17.4 Å². The highest BCUT2D eigenvalue weighted by Crippen LogP contribution is 2.39. The van der Waals surface area contributed by atoms with Crippen LogP contribution in [0.4, 0.5) is 0 Å². The van der Waals surface area contributed by atoms with Crippen LogP contribution < -0.4 is 15.2 Å². The summed E-state index contributed by atoms with van der Waals surface area (Å²) < 4.78 is 14.7. The maximum absolute atomic E-state index is 11.8. The molecule has 0 saturated carbocycles. The number of H-pyrrole nitrogens is 1. The third kappa shape index (κ3) is 3.65. The van der Waals surface area contributed by atoms with Crippen molar-refractivity contribution in [1.29, 1.82) is 0 Å². The Labute approximate surface area is 187 Å². The number of rotatable bonds is 5. The van der Waals surface area contributed by atoms with E-state index in [9.17, 15) is 4.79 Å². The third-order valence-electron chi connectivity index (χ3n) is 6.22. The minimum atomic E-state index is -0.123. The molecule has 2 aliphatic rings. The van der Waals surface area contributed by atoms with Crippen LogP contribution in [0.5, 0.6) is 16.7 Å². The van der Waals surface area contributed by atoms with E-state index in [1.807, 2.05) is 24.3 Å². The molecule has 0 bridgehead atoms. The molecule has 1 atom stereocenters. The quantitative estimate of drug-likeness (QED) is 0.499. The molecule has 1 saturated heterocycles. The maximum atomic E-state index is 11.8. The molecule has 0 radical (unpaired) electrons. The molecule has 2 aliphatic heterocycles. The normalized spacial score (nSPS) is 19.2. The predicted molar refractivity (Wildman–Crippen MR) is 120 cm³/mol. The molecule has 6 rings (SSSR count). The first-order chi connectivity index (χ1) is 15.7. The molecule has 1 aromatic carbocycles. The van der Waals surface area contributed by atoms with Crippen molar-refractivity contribution >= 4 is 21.7 Å². The van der Waals surface area contributed by atoms with Crippen molar-refractivity contribution in [2.75, 3.05) is 26.2 Å². The van der Waals surface area contributed by atoms with E-state index in [1.165, 1.54) is 16.9 Å². The van der Waals surface area contributed by atoms with Gasteiger partial charge in [-0.25, -0.2) is 14.9 Å². The molecule has 1 N–H and O–H groups in total. The minimum Gasteiger partial charge on any atom is -0.492 e. The molecule has 1 fully saturated rings. The summed E-state index contributed by atoms with van der Waals surface area (Å²) in [6, 6.07) is 10.1. The van der Waals surface area contributed by atoms with Crippen LogP contribution in [0.25, 0.3) is 10.3 Å². The summed E-state index contributed by atoms with van der Waals surface area (Å²) in [6.07, 6.45) is 5.23. The smallest absolute Gasteiger partial charge is 0.343 e. The van der Waals surface area contributed by atoms with Crippen LogP contribution in [0.2, 0.25) is 0 Å². The number of hydrogen-bond acceptors (Lipinski definition) is 8. The van der Waals surface area contributed by atoms with Crippen LogP contribution in [-0.2, 0) is 0 Å². The van der Waals surface area contributed by atoms with Gasteiger partial charge in [0.05, 0.1) is 11.3 Å². The monoisotopic (exact) mass is 450 g/mol. The van der Waals surface area contributed by atoms with Crippen molar-refractivity contribution in [2.45, 2.75) is 24.8 Å². The number of hydrogen-bond donors (Lipinski definition) is 1. The fourth-order valence-electron chi connectivity index (χ4n) is 4.57. The average Bonchev–Trinajstić information content (AvgIpc) is 3.52. The highest BCUT2D eigenvalue weighted by Gasteiger charge is 2.29. The third-order valence-corrected chi connectivity index (χ3v) is 7.11. The van der Waals surface area contributed by atoms with Gasteiger partial charge in [-0.2, -0.15) is 10.1 Å². The van der Waals surface area contributed by atoms with Gasteiger partial charge < -0.3 is 14.4 Å². The summed E-state index contributed by atoms with van der Waals surface area (Å²) in [5.74, 6) is 1.93. The number of nitrogens with zero attached hydrogens (tertiary/aromatic N) is 5. The SMILES string of the molecule is O=c1[nH]ncn1C1CCN(CC2COc3cc(Oc4nc5ncccc5s4)ccc32)CC1. The van der Waals surface area contributed by atoms with Gasteiger partial charge in [0.25, 0.3) is 5.19 Å². The molecule has 164 valence electrons. The van der Waals surface area contributed by atoms with E-state index < -0.39 is 0 Å². The lowest BCUT2D eigenvalue weighted by atomic mass is 9.98. The molecular formula is C22H22N6O3S. The Hall–Kier alpha value is -3.24. The van der Waals surface area contributed by atoms with E-state index in [0.29, 0.717) is 23.4 Å². The topological polar surface area (TPSA) is 98.2 Å². The molecule has 0 amide bonds. The fourth-order valence-corrected chi connectivity index (χ4v) is 5.37. The number of aromatic amines is 1. The zero-order valence-corrected chi connectivity index (χ0v) is 18.1. The standard InChI is InChI=1S/C22H22N6O3S/c29-21-26-24-13-28(21)15-5-8-27(9-6-15)11-14-12-30-18-10-16(3-4-17(14)18)31-22-25-20-19(32-22)2-1-7-23-20/h1-4,7,10,13-15H,5-6,8-9,11-12H2,(H,26,29). The Morgan fingerprint density at radius 2 is 2.16 bits per heavy atom. The first-order valence-corrected chi connectivity index (χ1v) is 11.5. The number of benzene rings is 1. The Bertz CT molecular complexity index is 1270. The molecule has 3 aromatic heterocycles. The zero-order chi connectivity index (χ0) is 21.5. The van der Waals surface area contributed by atoms with Crippen LogP contribution in [0.1, 0.15) is 30.4 Å². The largest absolute Gasteiger partial charge is 0.492 e. The van der Waals surface area contributed by atoms with Crippen molar-refractivity contribution < 1.29 is 9.47 Å². The van der Waals surface area contributed by atoms with E-state index in [1.54, 1.807) is 17.1 Å². The van der Waals surface area contributed by atoms with Gasteiger partial charge in [0.1, 0.15) is 17.8 Å². The molecule has 0 aliphatic carbocycles. The highest BCUT2D eigenvalue weighted by atomic mass is 32.1. The number of fused-ring (bicyclic) bond motifs is 2. The Morgan fingerprint density at radius 3 is 2.97 bits per heavy atom. The van der Waals surface area contributed by atoms with Crippen LogP contribution in [0.15, 0.2) is 47.7 Å². The van der Waals surface area contributed by atoms with E-state index >= 15 is 0 Å². The number of ether oxygens (including phenoxy) is 2. The molecule has 4 aromatic rings. The van der Waals surface area contributed by atoms with Gasteiger partial charge in [-0.15, -0.1) is 0 Å². The average molecular weight is 451 g/mol. The van der Waals surface area contributed by atoms with Gasteiger partial charge in [-0.3, -0.25) is 4.57 Å².